The first-order chi connectivity index (χ1) is 12.2. The van der Waals surface area contributed by atoms with Crippen LogP contribution in [0.25, 0.3) is 0 Å². The maximum atomic E-state index is 11.9. The molecule has 0 aliphatic rings. The molecule has 0 atom stereocenters. The molecule has 2 aromatic rings. The number of rotatable bonds is 7. The Bertz CT molecular complexity index is 686. The van der Waals surface area contributed by atoms with E-state index in [4.69, 9.17) is 4.74 Å². The number of hydrogen-bond acceptors (Lipinski definition) is 4. The summed E-state index contributed by atoms with van der Waals surface area (Å²) in [6.07, 6.45) is 1.74. The molecule has 1 aromatic heterocycles. The summed E-state index contributed by atoms with van der Waals surface area (Å²) in [6, 6.07) is 13.3. The molecule has 0 aliphatic heterocycles. The number of benzene rings is 1. The smallest absolute Gasteiger partial charge is 0.239 e. The highest BCUT2D eigenvalue weighted by Gasteiger charge is 2.04. The summed E-state index contributed by atoms with van der Waals surface area (Å²) in [5, 5.41) is 8.94. The number of nitrogens with zero attached hydrogens (tertiary/aromatic N) is 2. The van der Waals surface area contributed by atoms with Crippen molar-refractivity contribution >= 4 is 11.9 Å². The van der Waals surface area contributed by atoms with Gasteiger partial charge in [0, 0.05) is 19.8 Å². The van der Waals surface area contributed by atoms with Crippen LogP contribution in [0.5, 0.6) is 5.75 Å². The topological polar surface area (TPSA) is 87.6 Å². The van der Waals surface area contributed by atoms with Crippen LogP contribution in [0.15, 0.2) is 53.7 Å². The first-order valence-corrected chi connectivity index (χ1v) is 7.95. The lowest BCUT2D eigenvalue weighted by Crippen LogP contribution is -2.42. The number of methoxy groups -OCH3 is 1. The number of carbonyl (C=O) groups excluding carboxylic acids is 1. The number of hydrogen-bond donors (Lipinski definition) is 3. The van der Waals surface area contributed by atoms with Gasteiger partial charge in [-0.2, -0.15) is 0 Å². The van der Waals surface area contributed by atoms with Crippen molar-refractivity contribution in [2.75, 3.05) is 20.7 Å². The Morgan fingerprint density at radius 3 is 2.52 bits per heavy atom. The van der Waals surface area contributed by atoms with Crippen molar-refractivity contribution in [1.82, 2.24) is 20.9 Å². The lowest BCUT2D eigenvalue weighted by Gasteiger charge is -2.12. The summed E-state index contributed by atoms with van der Waals surface area (Å²) >= 11 is 0. The largest absolute Gasteiger partial charge is 0.497 e. The molecule has 1 amide bonds. The summed E-state index contributed by atoms with van der Waals surface area (Å²) in [7, 11) is 3.28. The molecule has 0 fully saturated rings. The normalized spacial score (nSPS) is 10.9. The molecule has 0 bridgehead atoms. The lowest BCUT2D eigenvalue weighted by molar-refractivity contribution is -0.120. The van der Waals surface area contributed by atoms with Gasteiger partial charge in [-0.05, 0) is 29.8 Å². The van der Waals surface area contributed by atoms with E-state index in [2.05, 4.69) is 25.9 Å². The van der Waals surface area contributed by atoms with E-state index in [-0.39, 0.29) is 12.5 Å². The summed E-state index contributed by atoms with van der Waals surface area (Å²) in [6.45, 7) is 1.14. The molecule has 7 nitrogen and oxygen atoms in total. The fourth-order valence-corrected chi connectivity index (χ4v) is 2.07. The molecule has 0 unspecified atom stereocenters. The van der Waals surface area contributed by atoms with Crippen molar-refractivity contribution < 1.29 is 9.53 Å². The predicted molar refractivity (Wildman–Crippen MR) is 97.3 cm³/mol. The molecule has 25 heavy (non-hydrogen) atoms. The van der Waals surface area contributed by atoms with Crippen molar-refractivity contribution in [3.8, 4) is 5.75 Å². The minimum atomic E-state index is -0.114. The Morgan fingerprint density at radius 1 is 1.08 bits per heavy atom. The van der Waals surface area contributed by atoms with Crippen LogP contribution in [0, 0.1) is 0 Å². The number of guanidine groups is 1. The zero-order valence-electron chi connectivity index (χ0n) is 14.5. The number of aromatic nitrogens is 1. The second-order valence-corrected chi connectivity index (χ2v) is 5.23. The molecule has 0 saturated carbocycles. The minimum absolute atomic E-state index is 0.114. The highest BCUT2D eigenvalue weighted by molar-refractivity contribution is 5.86. The van der Waals surface area contributed by atoms with E-state index in [9.17, 15) is 4.79 Å². The zero-order valence-corrected chi connectivity index (χ0v) is 14.5. The first-order valence-electron chi connectivity index (χ1n) is 7.95. The quantitative estimate of drug-likeness (QED) is 0.518. The molecule has 7 heteroatoms. The zero-order chi connectivity index (χ0) is 17.9. The molecule has 3 N–H and O–H groups in total. The number of amides is 1. The fraction of sp³-hybridized carbons (Fsp3) is 0.278. The highest BCUT2D eigenvalue weighted by Crippen LogP contribution is 2.10. The third-order valence-corrected chi connectivity index (χ3v) is 3.45. The van der Waals surface area contributed by atoms with Crippen molar-refractivity contribution in [3.05, 3.63) is 59.9 Å². The van der Waals surface area contributed by atoms with E-state index < -0.39 is 0 Å². The van der Waals surface area contributed by atoms with Crippen LogP contribution in [0.1, 0.15) is 11.3 Å². The molecule has 0 saturated heterocycles. The van der Waals surface area contributed by atoms with Gasteiger partial charge in [0.2, 0.25) is 5.91 Å². The van der Waals surface area contributed by atoms with Gasteiger partial charge in [-0.1, -0.05) is 18.2 Å². The summed E-state index contributed by atoms with van der Waals surface area (Å²) in [5.41, 5.74) is 1.90. The van der Waals surface area contributed by atoms with Crippen molar-refractivity contribution in [3.63, 3.8) is 0 Å². The van der Waals surface area contributed by atoms with E-state index in [1.807, 2.05) is 42.5 Å². The van der Waals surface area contributed by atoms with Crippen molar-refractivity contribution in [2.45, 2.75) is 13.1 Å². The summed E-state index contributed by atoms with van der Waals surface area (Å²) in [4.78, 5) is 20.2. The molecular weight excluding hydrogens is 318 g/mol. The maximum absolute atomic E-state index is 11.9. The SMILES string of the molecule is CN=C(NCC(=O)NCc1ccc(OC)cc1)NCc1ccccn1. The molecular formula is C18H23N5O2. The third-order valence-electron chi connectivity index (χ3n) is 3.45. The van der Waals surface area contributed by atoms with E-state index >= 15 is 0 Å². The van der Waals surface area contributed by atoms with E-state index in [0.717, 1.165) is 17.0 Å². The first kappa shape index (κ1) is 18.3. The van der Waals surface area contributed by atoms with E-state index in [0.29, 0.717) is 19.0 Å². The van der Waals surface area contributed by atoms with Crippen LogP contribution in [-0.2, 0) is 17.9 Å². The van der Waals surface area contributed by atoms with Gasteiger partial charge in [-0.3, -0.25) is 14.8 Å². The number of pyridine rings is 1. The van der Waals surface area contributed by atoms with Gasteiger partial charge >= 0.3 is 0 Å². The molecule has 0 radical (unpaired) electrons. The Balaban J connectivity index is 1.70. The molecule has 0 aliphatic carbocycles. The van der Waals surface area contributed by atoms with Gasteiger partial charge in [0.15, 0.2) is 5.96 Å². The summed E-state index contributed by atoms with van der Waals surface area (Å²) in [5.74, 6) is 1.22. The van der Waals surface area contributed by atoms with Crippen molar-refractivity contribution in [1.29, 1.82) is 0 Å². The van der Waals surface area contributed by atoms with Crippen molar-refractivity contribution in [2.24, 2.45) is 4.99 Å². The van der Waals surface area contributed by atoms with E-state index in [1.165, 1.54) is 0 Å². The van der Waals surface area contributed by atoms with Gasteiger partial charge in [-0.15, -0.1) is 0 Å². The third kappa shape index (κ3) is 6.50. The molecule has 2 rings (SSSR count). The second-order valence-electron chi connectivity index (χ2n) is 5.23. The van der Waals surface area contributed by atoms with Gasteiger partial charge in [0.25, 0.3) is 0 Å². The molecule has 1 heterocycles. The van der Waals surface area contributed by atoms with Crippen LogP contribution < -0.4 is 20.7 Å². The Hall–Kier alpha value is -3.09. The summed E-state index contributed by atoms with van der Waals surface area (Å²) < 4.78 is 5.11. The van der Waals surface area contributed by atoms with Gasteiger partial charge in [-0.25, -0.2) is 0 Å². The monoisotopic (exact) mass is 341 g/mol. The van der Waals surface area contributed by atoms with Gasteiger partial charge < -0.3 is 20.7 Å². The van der Waals surface area contributed by atoms with Gasteiger partial charge in [0.1, 0.15) is 5.75 Å². The van der Waals surface area contributed by atoms with Crippen LogP contribution in [0.3, 0.4) is 0 Å². The average Bonchev–Trinajstić information content (AvgIpc) is 2.67. The predicted octanol–water partition coefficient (Wildman–Crippen LogP) is 1.07. The molecule has 132 valence electrons. The maximum Gasteiger partial charge on any atom is 0.239 e. The fourth-order valence-electron chi connectivity index (χ4n) is 2.07. The number of carbonyl (C=O) groups is 1. The van der Waals surface area contributed by atoms with Crippen LogP contribution in [-0.4, -0.2) is 37.6 Å². The van der Waals surface area contributed by atoms with Crippen LogP contribution in [0.2, 0.25) is 0 Å². The lowest BCUT2D eigenvalue weighted by atomic mass is 10.2. The minimum Gasteiger partial charge on any atom is -0.497 e. The highest BCUT2D eigenvalue weighted by atomic mass is 16.5. The Kier molecular flexibility index (Phi) is 7.24. The van der Waals surface area contributed by atoms with Crippen LogP contribution in [0.4, 0.5) is 0 Å². The average molecular weight is 341 g/mol. The number of nitrogens with one attached hydrogen (secondary N) is 3. The van der Waals surface area contributed by atoms with E-state index in [1.54, 1.807) is 20.4 Å². The van der Waals surface area contributed by atoms with Gasteiger partial charge in [0.05, 0.1) is 25.9 Å². The Morgan fingerprint density at radius 2 is 1.88 bits per heavy atom. The molecule has 0 spiro atoms. The second kappa shape index (κ2) is 9.92. The number of aliphatic imine (C=N–C) groups is 1. The number of ether oxygens (including phenoxy) is 1. The standard InChI is InChI=1S/C18H23N5O2/c1-19-18(22-12-15-5-3-4-10-20-15)23-13-17(24)21-11-14-6-8-16(25-2)9-7-14/h3-10H,11-13H2,1-2H3,(H,21,24)(H2,19,22,23). The Labute approximate surface area is 147 Å². The molecule has 1 aromatic carbocycles. The van der Waals surface area contributed by atoms with Crippen LogP contribution >= 0.6 is 0 Å².